The molecule has 0 bridgehead atoms. The lowest BCUT2D eigenvalue weighted by Crippen LogP contribution is -2.08. The highest BCUT2D eigenvalue weighted by molar-refractivity contribution is 5.67. The predicted octanol–water partition coefficient (Wildman–Crippen LogP) is 3.92. The second-order valence-corrected chi connectivity index (χ2v) is 3.93. The second kappa shape index (κ2) is 4.46. The Morgan fingerprint density at radius 3 is 1.89 bits per heavy atom. The van der Waals surface area contributed by atoms with E-state index in [0.29, 0.717) is 12.1 Å². The summed E-state index contributed by atoms with van der Waals surface area (Å²) < 4.78 is 50.8. The van der Waals surface area contributed by atoms with Crippen LogP contribution >= 0.6 is 0 Å². The molecule has 0 aliphatic rings. The van der Waals surface area contributed by atoms with Crippen molar-refractivity contribution in [2.24, 2.45) is 0 Å². The zero-order valence-electron chi connectivity index (χ0n) is 9.37. The highest BCUT2D eigenvalue weighted by Crippen LogP contribution is 2.35. The van der Waals surface area contributed by atoms with Crippen molar-refractivity contribution in [3.63, 3.8) is 0 Å². The summed E-state index contributed by atoms with van der Waals surface area (Å²) in [5.74, 6) is -1.97. The van der Waals surface area contributed by atoms with Gasteiger partial charge in [0.05, 0.1) is 5.56 Å². The Kier molecular flexibility index (Phi) is 3.09. The lowest BCUT2D eigenvalue weighted by atomic mass is 10.0. The van der Waals surface area contributed by atoms with Crippen molar-refractivity contribution in [3.8, 4) is 22.6 Å². The zero-order valence-corrected chi connectivity index (χ0v) is 9.37. The van der Waals surface area contributed by atoms with Crippen molar-refractivity contribution in [1.29, 1.82) is 0 Å². The van der Waals surface area contributed by atoms with E-state index in [1.807, 2.05) is 0 Å². The van der Waals surface area contributed by atoms with Crippen LogP contribution in [0.2, 0.25) is 0 Å². The number of benzene rings is 2. The topological polar surface area (TPSA) is 40.5 Å². The molecule has 0 unspecified atom stereocenters. The van der Waals surface area contributed by atoms with Gasteiger partial charge in [-0.25, -0.2) is 4.39 Å². The smallest absolute Gasteiger partial charge is 0.419 e. The number of rotatable bonds is 1. The van der Waals surface area contributed by atoms with Gasteiger partial charge in [0, 0.05) is 6.07 Å². The van der Waals surface area contributed by atoms with Crippen molar-refractivity contribution >= 4 is 0 Å². The molecule has 0 radical (unpaired) electrons. The van der Waals surface area contributed by atoms with Gasteiger partial charge < -0.3 is 10.2 Å². The summed E-state index contributed by atoms with van der Waals surface area (Å²) in [6.07, 6.45) is -4.81. The fraction of sp³-hybridized carbons (Fsp3) is 0.0769. The van der Waals surface area contributed by atoms with Crippen LogP contribution in [0.3, 0.4) is 0 Å². The minimum Gasteiger partial charge on any atom is -0.508 e. The molecule has 2 N–H and O–H groups in total. The number of hydrogen-bond donors (Lipinski definition) is 2. The van der Waals surface area contributed by atoms with Crippen LogP contribution < -0.4 is 0 Å². The number of halogens is 4. The van der Waals surface area contributed by atoms with E-state index in [1.165, 1.54) is 12.1 Å². The van der Waals surface area contributed by atoms with Crippen LogP contribution in [0.25, 0.3) is 11.1 Å². The predicted molar refractivity (Wildman–Crippen MR) is 60.2 cm³/mol. The van der Waals surface area contributed by atoms with Crippen molar-refractivity contribution in [2.45, 2.75) is 6.18 Å². The molecule has 0 aromatic heterocycles. The summed E-state index contributed by atoms with van der Waals surface area (Å²) in [5, 5.41) is 18.6. The molecule has 0 saturated heterocycles. The summed E-state index contributed by atoms with van der Waals surface area (Å²) >= 11 is 0. The first-order valence-electron chi connectivity index (χ1n) is 5.17. The lowest BCUT2D eigenvalue weighted by Gasteiger charge is -2.10. The van der Waals surface area contributed by atoms with Crippen LogP contribution in [0.5, 0.6) is 11.5 Å². The normalized spacial score (nSPS) is 11.6. The molecule has 0 fully saturated rings. The first-order chi connectivity index (χ1) is 8.77. The van der Waals surface area contributed by atoms with Crippen LogP contribution in [0, 0.1) is 5.82 Å². The minimum absolute atomic E-state index is 0.0416. The number of hydrogen-bond acceptors (Lipinski definition) is 2. The highest BCUT2D eigenvalue weighted by Gasteiger charge is 2.34. The molecule has 6 heteroatoms. The summed E-state index contributed by atoms with van der Waals surface area (Å²) in [5.41, 5.74) is -1.20. The van der Waals surface area contributed by atoms with Gasteiger partial charge in [-0.15, -0.1) is 0 Å². The Balaban J connectivity index is 2.58. The van der Waals surface area contributed by atoms with Crippen LogP contribution in [0.15, 0.2) is 36.4 Å². The second-order valence-electron chi connectivity index (χ2n) is 3.93. The third-order valence-electron chi connectivity index (χ3n) is 2.51. The Bertz CT molecular complexity index is 600. The van der Waals surface area contributed by atoms with E-state index in [1.54, 1.807) is 0 Å². The van der Waals surface area contributed by atoms with Gasteiger partial charge >= 0.3 is 6.18 Å². The Hall–Kier alpha value is -2.24. The molecule has 2 aromatic rings. The van der Waals surface area contributed by atoms with E-state index in [0.717, 1.165) is 12.1 Å². The molecule has 0 heterocycles. The monoisotopic (exact) mass is 272 g/mol. The molecule has 19 heavy (non-hydrogen) atoms. The Morgan fingerprint density at radius 1 is 0.789 bits per heavy atom. The summed E-state index contributed by atoms with van der Waals surface area (Å²) in [4.78, 5) is 0. The standard InChI is InChI=1S/C13H8F4O2/c14-12-2-1-7(5-11(12)13(15,16)17)8-3-9(18)6-10(19)4-8/h1-6,18-19H. The summed E-state index contributed by atoms with van der Waals surface area (Å²) in [6, 6.07) is 5.85. The average molecular weight is 272 g/mol. The molecule has 100 valence electrons. The molecule has 0 spiro atoms. The van der Waals surface area contributed by atoms with E-state index < -0.39 is 17.6 Å². The van der Waals surface area contributed by atoms with Gasteiger partial charge in [-0.1, -0.05) is 6.07 Å². The molecule has 0 atom stereocenters. The molecule has 2 aromatic carbocycles. The fourth-order valence-corrected chi connectivity index (χ4v) is 1.68. The van der Waals surface area contributed by atoms with Gasteiger partial charge in [-0.2, -0.15) is 13.2 Å². The molecule has 0 aliphatic carbocycles. The molecule has 2 nitrogen and oxygen atoms in total. The van der Waals surface area contributed by atoms with Crippen LogP contribution in [0.1, 0.15) is 5.56 Å². The molecule has 0 amide bonds. The molecule has 0 aliphatic heterocycles. The average Bonchev–Trinajstić information content (AvgIpc) is 2.26. The van der Waals surface area contributed by atoms with E-state index in [-0.39, 0.29) is 22.6 Å². The SMILES string of the molecule is Oc1cc(O)cc(-c2ccc(F)c(C(F)(F)F)c2)c1. The Morgan fingerprint density at radius 2 is 1.37 bits per heavy atom. The third-order valence-corrected chi connectivity index (χ3v) is 2.51. The van der Waals surface area contributed by atoms with E-state index in [9.17, 15) is 27.8 Å². The van der Waals surface area contributed by atoms with Crippen LogP contribution in [-0.2, 0) is 6.18 Å². The first kappa shape index (κ1) is 13.2. The van der Waals surface area contributed by atoms with Crippen LogP contribution in [-0.4, -0.2) is 10.2 Å². The number of phenolic OH excluding ortho intramolecular Hbond substituents is 2. The van der Waals surface area contributed by atoms with Crippen LogP contribution in [0.4, 0.5) is 17.6 Å². The van der Waals surface area contributed by atoms with E-state index >= 15 is 0 Å². The number of aromatic hydroxyl groups is 2. The van der Waals surface area contributed by atoms with Crippen molar-refractivity contribution in [2.75, 3.05) is 0 Å². The van der Waals surface area contributed by atoms with Gasteiger partial charge in [0.25, 0.3) is 0 Å². The minimum atomic E-state index is -4.81. The number of phenols is 2. The van der Waals surface area contributed by atoms with Crippen molar-refractivity contribution in [1.82, 2.24) is 0 Å². The maximum atomic E-state index is 13.1. The quantitative estimate of drug-likeness (QED) is 0.772. The fourth-order valence-electron chi connectivity index (χ4n) is 1.68. The largest absolute Gasteiger partial charge is 0.508 e. The first-order valence-corrected chi connectivity index (χ1v) is 5.17. The highest BCUT2D eigenvalue weighted by atomic mass is 19.4. The Labute approximate surface area is 105 Å². The molecule has 2 rings (SSSR count). The zero-order chi connectivity index (χ0) is 14.2. The van der Waals surface area contributed by atoms with Crippen molar-refractivity contribution < 1.29 is 27.8 Å². The third kappa shape index (κ3) is 2.78. The van der Waals surface area contributed by atoms with Gasteiger partial charge in [0.15, 0.2) is 0 Å². The lowest BCUT2D eigenvalue weighted by molar-refractivity contribution is -0.139. The van der Waals surface area contributed by atoms with Gasteiger partial charge in [-0.3, -0.25) is 0 Å². The maximum Gasteiger partial charge on any atom is 0.419 e. The van der Waals surface area contributed by atoms with Crippen molar-refractivity contribution in [3.05, 3.63) is 47.8 Å². The molecular formula is C13H8F4O2. The van der Waals surface area contributed by atoms with Gasteiger partial charge in [0.1, 0.15) is 17.3 Å². The summed E-state index contributed by atoms with van der Waals surface area (Å²) in [6.45, 7) is 0. The van der Waals surface area contributed by atoms with E-state index in [4.69, 9.17) is 0 Å². The van der Waals surface area contributed by atoms with Gasteiger partial charge in [-0.05, 0) is 35.4 Å². The maximum absolute atomic E-state index is 13.1. The molecule has 0 saturated carbocycles. The summed E-state index contributed by atoms with van der Waals surface area (Å²) in [7, 11) is 0. The van der Waals surface area contributed by atoms with E-state index in [2.05, 4.69) is 0 Å². The number of alkyl halides is 3. The van der Waals surface area contributed by atoms with Gasteiger partial charge in [0.2, 0.25) is 0 Å². The molecular weight excluding hydrogens is 264 g/mol.